The summed E-state index contributed by atoms with van der Waals surface area (Å²) in [6.07, 6.45) is 5.31. The molecule has 1 atom stereocenters. The van der Waals surface area contributed by atoms with Gasteiger partial charge in [-0.25, -0.2) is 0 Å². The van der Waals surface area contributed by atoms with Crippen LogP contribution in [-0.4, -0.2) is 39.6 Å². The quantitative estimate of drug-likeness (QED) is 0.904. The first-order valence-electron chi connectivity index (χ1n) is 6.98. The number of aliphatic hydroxyl groups is 1. The van der Waals surface area contributed by atoms with Crippen molar-refractivity contribution in [1.82, 2.24) is 9.88 Å². The lowest BCUT2D eigenvalue weighted by molar-refractivity contribution is 0.0376. The highest BCUT2D eigenvalue weighted by atomic mass is 16.3. The summed E-state index contributed by atoms with van der Waals surface area (Å²) >= 11 is 0. The van der Waals surface area contributed by atoms with E-state index in [2.05, 4.69) is 11.9 Å². The first kappa shape index (κ1) is 14.0. The van der Waals surface area contributed by atoms with Crippen molar-refractivity contribution < 1.29 is 9.90 Å². The summed E-state index contributed by atoms with van der Waals surface area (Å²) in [5.74, 6) is -0.00694. The van der Waals surface area contributed by atoms with Gasteiger partial charge in [-0.1, -0.05) is 13.3 Å². The van der Waals surface area contributed by atoms with Crippen LogP contribution in [0.15, 0.2) is 18.3 Å². The molecule has 4 heteroatoms. The van der Waals surface area contributed by atoms with E-state index in [1.54, 1.807) is 6.20 Å². The summed E-state index contributed by atoms with van der Waals surface area (Å²) in [5.41, 5.74) is 1.15. The Kier molecular flexibility index (Phi) is 4.20. The van der Waals surface area contributed by atoms with Gasteiger partial charge in [0.15, 0.2) is 0 Å². The van der Waals surface area contributed by atoms with Gasteiger partial charge in [0.1, 0.15) is 0 Å². The number of amides is 1. The number of likely N-dealkylation sites (tertiary alicyclic amines) is 1. The number of rotatable bonds is 4. The number of aromatic nitrogens is 1. The maximum Gasteiger partial charge on any atom is 0.255 e. The molecule has 1 N–H and O–H groups in total. The molecule has 2 rings (SSSR count). The van der Waals surface area contributed by atoms with Crippen molar-refractivity contribution in [2.45, 2.75) is 45.1 Å². The zero-order valence-corrected chi connectivity index (χ0v) is 11.7. The van der Waals surface area contributed by atoms with Crippen LogP contribution >= 0.6 is 0 Å². The molecule has 0 radical (unpaired) electrons. The standard InChI is InChI=1S/C15H22N2O2/c1-3-7-15(11-18)8-4-9-17(15)14(19)13-6-5-12(2)16-10-13/h5-6,10,18H,3-4,7-9,11H2,1-2H3. The molecule has 0 aromatic carbocycles. The van der Waals surface area contributed by atoms with Gasteiger partial charge in [-0.15, -0.1) is 0 Å². The van der Waals surface area contributed by atoms with E-state index in [1.807, 2.05) is 24.0 Å². The zero-order valence-electron chi connectivity index (χ0n) is 11.7. The van der Waals surface area contributed by atoms with Gasteiger partial charge < -0.3 is 10.0 Å². The third-order valence-electron chi connectivity index (χ3n) is 4.01. The summed E-state index contributed by atoms with van der Waals surface area (Å²) in [7, 11) is 0. The molecule has 1 aromatic rings. The predicted molar refractivity (Wildman–Crippen MR) is 74.0 cm³/mol. The molecule has 2 heterocycles. The Morgan fingerprint density at radius 3 is 2.89 bits per heavy atom. The van der Waals surface area contributed by atoms with Gasteiger partial charge in [-0.2, -0.15) is 0 Å². The normalized spacial score (nSPS) is 22.8. The average molecular weight is 262 g/mol. The van der Waals surface area contributed by atoms with Gasteiger partial charge >= 0.3 is 0 Å². The lowest BCUT2D eigenvalue weighted by Gasteiger charge is -2.37. The average Bonchev–Trinajstić information content (AvgIpc) is 2.83. The number of carbonyl (C=O) groups is 1. The molecule has 1 aliphatic heterocycles. The van der Waals surface area contributed by atoms with Crippen molar-refractivity contribution in [3.05, 3.63) is 29.6 Å². The molecule has 1 amide bonds. The highest BCUT2D eigenvalue weighted by Gasteiger charge is 2.42. The second-order valence-corrected chi connectivity index (χ2v) is 5.38. The summed E-state index contributed by atoms with van der Waals surface area (Å²) in [6.45, 7) is 4.77. The number of hydrogen-bond donors (Lipinski definition) is 1. The first-order valence-corrected chi connectivity index (χ1v) is 6.98. The molecule has 1 aromatic heterocycles. The van der Waals surface area contributed by atoms with E-state index in [4.69, 9.17) is 0 Å². The van der Waals surface area contributed by atoms with Crippen molar-refractivity contribution in [1.29, 1.82) is 0 Å². The van der Waals surface area contributed by atoms with Gasteiger partial charge in [-0.3, -0.25) is 9.78 Å². The maximum absolute atomic E-state index is 12.6. The molecule has 0 bridgehead atoms. The van der Waals surface area contributed by atoms with Crippen LogP contribution in [0.5, 0.6) is 0 Å². The third kappa shape index (κ3) is 2.63. The number of pyridine rings is 1. The number of nitrogens with zero attached hydrogens (tertiary/aromatic N) is 2. The molecule has 104 valence electrons. The summed E-state index contributed by atoms with van der Waals surface area (Å²) in [4.78, 5) is 18.6. The zero-order chi connectivity index (χ0) is 13.9. The molecule has 0 saturated carbocycles. The monoisotopic (exact) mass is 262 g/mol. The molecular weight excluding hydrogens is 240 g/mol. The Balaban J connectivity index is 2.24. The minimum atomic E-state index is -0.364. The fourth-order valence-electron chi connectivity index (χ4n) is 2.97. The lowest BCUT2D eigenvalue weighted by atomic mass is 9.91. The highest BCUT2D eigenvalue weighted by Crippen LogP contribution is 2.34. The largest absolute Gasteiger partial charge is 0.394 e. The summed E-state index contributed by atoms with van der Waals surface area (Å²) in [6, 6.07) is 3.67. The number of carbonyl (C=O) groups excluding carboxylic acids is 1. The van der Waals surface area contributed by atoms with Crippen molar-refractivity contribution >= 4 is 5.91 Å². The van der Waals surface area contributed by atoms with Crippen molar-refractivity contribution in [3.8, 4) is 0 Å². The van der Waals surface area contributed by atoms with Crippen LogP contribution in [0, 0.1) is 6.92 Å². The molecule has 0 spiro atoms. The second-order valence-electron chi connectivity index (χ2n) is 5.38. The third-order valence-corrected chi connectivity index (χ3v) is 4.01. The van der Waals surface area contributed by atoms with E-state index in [0.29, 0.717) is 5.56 Å². The van der Waals surface area contributed by atoms with Gasteiger partial charge in [-0.05, 0) is 38.3 Å². The number of hydrogen-bond acceptors (Lipinski definition) is 3. The molecule has 4 nitrogen and oxygen atoms in total. The molecule has 1 unspecified atom stereocenters. The van der Waals surface area contributed by atoms with Crippen molar-refractivity contribution in [2.75, 3.05) is 13.2 Å². The Morgan fingerprint density at radius 2 is 2.32 bits per heavy atom. The van der Waals surface area contributed by atoms with E-state index < -0.39 is 0 Å². The van der Waals surface area contributed by atoms with E-state index >= 15 is 0 Å². The van der Waals surface area contributed by atoms with Gasteiger partial charge in [0.2, 0.25) is 0 Å². The molecule has 19 heavy (non-hydrogen) atoms. The first-order chi connectivity index (χ1) is 9.13. The Labute approximate surface area is 114 Å². The topological polar surface area (TPSA) is 53.4 Å². The predicted octanol–water partition coefficient (Wildman–Crippen LogP) is 2.16. The fourth-order valence-corrected chi connectivity index (χ4v) is 2.97. The van der Waals surface area contributed by atoms with Gasteiger partial charge in [0, 0.05) is 18.4 Å². The lowest BCUT2D eigenvalue weighted by Crippen LogP contribution is -2.50. The number of aryl methyl sites for hydroxylation is 1. The Bertz CT molecular complexity index is 444. The molecule has 1 fully saturated rings. The summed E-state index contributed by atoms with van der Waals surface area (Å²) < 4.78 is 0. The van der Waals surface area contributed by atoms with Crippen LogP contribution in [0.25, 0.3) is 0 Å². The van der Waals surface area contributed by atoms with Gasteiger partial charge in [0.25, 0.3) is 5.91 Å². The van der Waals surface area contributed by atoms with E-state index in [-0.39, 0.29) is 18.1 Å². The van der Waals surface area contributed by atoms with E-state index in [9.17, 15) is 9.90 Å². The Hall–Kier alpha value is -1.42. The van der Waals surface area contributed by atoms with Crippen LogP contribution < -0.4 is 0 Å². The SMILES string of the molecule is CCCC1(CO)CCCN1C(=O)c1ccc(C)nc1. The van der Waals surface area contributed by atoms with E-state index in [0.717, 1.165) is 37.9 Å². The molecular formula is C15H22N2O2. The van der Waals surface area contributed by atoms with Crippen LogP contribution in [-0.2, 0) is 0 Å². The minimum Gasteiger partial charge on any atom is -0.394 e. The van der Waals surface area contributed by atoms with Crippen molar-refractivity contribution in [3.63, 3.8) is 0 Å². The minimum absolute atomic E-state index is 0.00694. The van der Waals surface area contributed by atoms with E-state index in [1.165, 1.54) is 0 Å². The number of aliphatic hydroxyl groups excluding tert-OH is 1. The molecule has 0 aliphatic carbocycles. The van der Waals surface area contributed by atoms with Crippen LogP contribution in [0.3, 0.4) is 0 Å². The van der Waals surface area contributed by atoms with Gasteiger partial charge in [0.05, 0.1) is 17.7 Å². The molecule has 1 saturated heterocycles. The Morgan fingerprint density at radius 1 is 1.53 bits per heavy atom. The van der Waals surface area contributed by atoms with Crippen molar-refractivity contribution in [2.24, 2.45) is 0 Å². The smallest absolute Gasteiger partial charge is 0.255 e. The van der Waals surface area contributed by atoms with Crippen LogP contribution in [0.2, 0.25) is 0 Å². The van der Waals surface area contributed by atoms with Crippen LogP contribution in [0.4, 0.5) is 0 Å². The fraction of sp³-hybridized carbons (Fsp3) is 0.600. The highest BCUT2D eigenvalue weighted by molar-refractivity contribution is 5.94. The molecule has 1 aliphatic rings. The summed E-state index contributed by atoms with van der Waals surface area (Å²) in [5, 5.41) is 9.75. The second kappa shape index (κ2) is 5.70. The maximum atomic E-state index is 12.6. The van der Waals surface area contributed by atoms with Crippen LogP contribution in [0.1, 0.15) is 48.7 Å².